The van der Waals surface area contributed by atoms with E-state index in [-0.39, 0.29) is 42.4 Å². The van der Waals surface area contributed by atoms with Crippen molar-refractivity contribution in [2.45, 2.75) is 136 Å². The van der Waals surface area contributed by atoms with Crippen molar-refractivity contribution in [3.63, 3.8) is 0 Å². The molecule has 2 aromatic rings. The maximum Gasteiger partial charge on any atom is 0.311 e. The van der Waals surface area contributed by atoms with Crippen LogP contribution in [0.2, 0.25) is 0 Å². The van der Waals surface area contributed by atoms with Crippen LogP contribution in [-0.4, -0.2) is 46.1 Å². The summed E-state index contributed by atoms with van der Waals surface area (Å²) in [5, 5.41) is 2.47. The summed E-state index contributed by atoms with van der Waals surface area (Å²) >= 11 is 0. The third-order valence-electron chi connectivity index (χ3n) is 9.04. The van der Waals surface area contributed by atoms with Crippen LogP contribution in [0.15, 0.2) is 29.2 Å². The van der Waals surface area contributed by atoms with Crippen LogP contribution in [0.1, 0.15) is 137 Å². The molecular formula is C38H49F2N3O6. The van der Waals surface area contributed by atoms with Crippen LogP contribution >= 0.6 is 0 Å². The normalized spacial score (nSPS) is 16.7. The summed E-state index contributed by atoms with van der Waals surface area (Å²) in [5.41, 5.74) is -1.41. The van der Waals surface area contributed by atoms with E-state index in [1.54, 1.807) is 0 Å². The number of ether oxygens (including phenoxy) is 2. The maximum absolute atomic E-state index is 14.2. The van der Waals surface area contributed by atoms with Gasteiger partial charge in [-0.25, -0.2) is 8.78 Å². The van der Waals surface area contributed by atoms with Crippen LogP contribution < -0.4 is 15.5 Å². The number of benzene rings is 1. The first-order valence-corrected chi connectivity index (χ1v) is 17.8. The third kappa shape index (κ3) is 10.7. The SMILES string of the molecule is CCCCCCCCCC#CCCCCCCC(=O)Oc1c2n(cc(C(=O)NCc3ccc(F)cc3F)c1=O)C[C@@H]1OCC[C@@H](C)N1C2=O. The molecule has 9 nitrogen and oxygen atoms in total. The van der Waals surface area contributed by atoms with Gasteiger partial charge in [-0.3, -0.25) is 19.2 Å². The summed E-state index contributed by atoms with van der Waals surface area (Å²) in [7, 11) is 0. The molecule has 2 aliphatic rings. The molecule has 1 aromatic carbocycles. The molecule has 0 spiro atoms. The summed E-state index contributed by atoms with van der Waals surface area (Å²) in [6, 6.07) is 2.78. The highest BCUT2D eigenvalue weighted by Gasteiger charge is 2.42. The monoisotopic (exact) mass is 681 g/mol. The lowest BCUT2D eigenvalue weighted by molar-refractivity contribution is -0.134. The van der Waals surface area contributed by atoms with E-state index >= 15 is 0 Å². The first kappa shape index (κ1) is 37.8. The number of nitrogens with one attached hydrogen (secondary N) is 1. The number of hydrogen-bond donors (Lipinski definition) is 1. The minimum atomic E-state index is -0.927. The van der Waals surface area contributed by atoms with Crippen molar-refractivity contribution >= 4 is 17.8 Å². The topological polar surface area (TPSA) is 107 Å². The van der Waals surface area contributed by atoms with E-state index in [4.69, 9.17) is 9.47 Å². The van der Waals surface area contributed by atoms with E-state index in [0.29, 0.717) is 25.5 Å². The van der Waals surface area contributed by atoms with Crippen LogP contribution in [0.3, 0.4) is 0 Å². The zero-order valence-corrected chi connectivity index (χ0v) is 28.8. The molecule has 0 radical (unpaired) electrons. The van der Waals surface area contributed by atoms with Gasteiger partial charge >= 0.3 is 5.97 Å². The summed E-state index contributed by atoms with van der Waals surface area (Å²) in [4.78, 5) is 55.0. The Kier molecular flexibility index (Phi) is 14.8. The minimum absolute atomic E-state index is 0.0189. The second kappa shape index (κ2) is 19.2. The fraction of sp³-hybridized carbons (Fsp3) is 0.579. The molecule has 3 heterocycles. The molecule has 2 atom stereocenters. The van der Waals surface area contributed by atoms with Gasteiger partial charge in [-0.1, -0.05) is 64.4 Å². The molecule has 266 valence electrons. The first-order valence-electron chi connectivity index (χ1n) is 17.8. The Hall–Kier alpha value is -4.04. The Labute approximate surface area is 287 Å². The summed E-state index contributed by atoms with van der Waals surface area (Å²) < 4.78 is 40.3. The van der Waals surface area contributed by atoms with Crippen LogP contribution in [-0.2, 0) is 22.6 Å². The van der Waals surface area contributed by atoms with Crippen molar-refractivity contribution in [1.82, 2.24) is 14.8 Å². The number of fused-ring (bicyclic) bond motifs is 2. The lowest BCUT2D eigenvalue weighted by Crippen LogP contribution is -2.57. The number of esters is 1. The lowest BCUT2D eigenvalue weighted by atomic mass is 10.1. The number of carbonyl (C=O) groups excluding carboxylic acids is 3. The molecule has 49 heavy (non-hydrogen) atoms. The van der Waals surface area contributed by atoms with E-state index in [1.807, 2.05) is 6.92 Å². The van der Waals surface area contributed by atoms with Gasteiger partial charge in [0.15, 0.2) is 11.9 Å². The third-order valence-corrected chi connectivity index (χ3v) is 9.04. The standard InChI is InChI=1S/C38H49F2N3O6/c1-3-4-5-6-7-8-9-10-11-12-13-14-15-16-17-18-33(44)49-36-34-38(47)43-27(2)21-22-48-32(43)26-42(34)25-30(35(36)45)37(46)41-24-28-19-20-29(39)23-31(28)40/h19-20,23,25,27,32H,3-10,13-18,21-22,24,26H2,1-2H3,(H,41,46)/t27-,32+/m1/s1. The predicted molar refractivity (Wildman–Crippen MR) is 182 cm³/mol. The van der Waals surface area contributed by atoms with Crippen molar-refractivity contribution in [3.05, 3.63) is 63.1 Å². The predicted octanol–water partition coefficient (Wildman–Crippen LogP) is 7.04. The van der Waals surface area contributed by atoms with Crippen molar-refractivity contribution in [2.75, 3.05) is 6.61 Å². The zero-order chi connectivity index (χ0) is 35.2. The van der Waals surface area contributed by atoms with Gasteiger partial charge in [0.05, 0.1) is 13.2 Å². The molecule has 1 N–H and O–H groups in total. The molecule has 11 heteroatoms. The fourth-order valence-corrected chi connectivity index (χ4v) is 6.18. The summed E-state index contributed by atoms with van der Waals surface area (Å²) in [5.74, 6) is 2.30. The number of amides is 2. The van der Waals surface area contributed by atoms with Crippen molar-refractivity contribution in [3.8, 4) is 17.6 Å². The van der Waals surface area contributed by atoms with E-state index < -0.39 is 46.8 Å². The first-order chi connectivity index (χ1) is 23.7. The second-order valence-corrected chi connectivity index (χ2v) is 12.9. The van der Waals surface area contributed by atoms with Crippen molar-refractivity contribution in [2.24, 2.45) is 0 Å². The molecule has 0 unspecified atom stereocenters. The molecule has 2 aliphatic heterocycles. The van der Waals surface area contributed by atoms with Gasteiger partial charge in [0.1, 0.15) is 17.2 Å². The number of carbonyl (C=O) groups is 3. The molecule has 0 saturated carbocycles. The van der Waals surface area contributed by atoms with Gasteiger partial charge in [0, 0.05) is 49.7 Å². The van der Waals surface area contributed by atoms with E-state index in [0.717, 1.165) is 44.6 Å². The lowest BCUT2D eigenvalue weighted by Gasteiger charge is -2.44. The Balaban J connectivity index is 1.34. The summed E-state index contributed by atoms with van der Waals surface area (Å²) in [6.07, 6.45) is 15.0. The maximum atomic E-state index is 14.2. The molecule has 1 aromatic heterocycles. The highest BCUT2D eigenvalue weighted by molar-refractivity contribution is 6.00. The fourth-order valence-electron chi connectivity index (χ4n) is 6.18. The Morgan fingerprint density at radius 3 is 2.35 bits per heavy atom. The van der Waals surface area contributed by atoms with E-state index in [9.17, 15) is 28.0 Å². The van der Waals surface area contributed by atoms with Gasteiger partial charge in [-0.15, -0.1) is 11.8 Å². The number of unbranched alkanes of at least 4 members (excludes halogenated alkanes) is 11. The number of rotatable bonds is 17. The Bertz CT molecular complexity index is 1580. The van der Waals surface area contributed by atoms with Gasteiger partial charge in [-0.05, 0) is 38.7 Å². The van der Waals surface area contributed by atoms with Crippen molar-refractivity contribution < 1.29 is 32.6 Å². The van der Waals surface area contributed by atoms with Gasteiger partial charge in [-0.2, -0.15) is 0 Å². The van der Waals surface area contributed by atoms with Crippen LogP contribution in [0.4, 0.5) is 8.78 Å². The largest absolute Gasteiger partial charge is 0.420 e. The number of aromatic nitrogens is 1. The number of nitrogens with zero attached hydrogens (tertiary/aromatic N) is 2. The number of halogens is 2. The molecule has 0 aliphatic carbocycles. The average molecular weight is 682 g/mol. The van der Waals surface area contributed by atoms with Gasteiger partial charge < -0.3 is 24.3 Å². The molecular weight excluding hydrogens is 632 g/mol. The average Bonchev–Trinajstić information content (AvgIpc) is 3.07. The summed E-state index contributed by atoms with van der Waals surface area (Å²) in [6.45, 7) is 4.34. The van der Waals surface area contributed by atoms with Gasteiger partial charge in [0.25, 0.3) is 11.8 Å². The number of hydrogen-bond acceptors (Lipinski definition) is 6. The Morgan fingerprint density at radius 2 is 1.65 bits per heavy atom. The Morgan fingerprint density at radius 1 is 0.980 bits per heavy atom. The zero-order valence-electron chi connectivity index (χ0n) is 28.8. The van der Waals surface area contributed by atoms with Crippen molar-refractivity contribution in [1.29, 1.82) is 0 Å². The van der Waals surface area contributed by atoms with Crippen LogP contribution in [0.25, 0.3) is 0 Å². The van der Waals surface area contributed by atoms with E-state index in [1.165, 1.54) is 60.3 Å². The molecule has 1 saturated heterocycles. The highest BCUT2D eigenvalue weighted by Crippen LogP contribution is 2.30. The second-order valence-electron chi connectivity index (χ2n) is 12.9. The highest BCUT2D eigenvalue weighted by atomic mass is 19.1. The molecule has 2 amide bonds. The van der Waals surface area contributed by atoms with E-state index in [2.05, 4.69) is 24.1 Å². The quantitative estimate of drug-likeness (QED) is 0.109. The van der Waals surface area contributed by atoms with Crippen LogP contribution in [0.5, 0.6) is 5.75 Å². The minimum Gasteiger partial charge on any atom is -0.420 e. The van der Waals surface area contributed by atoms with Crippen LogP contribution in [0, 0.1) is 23.5 Å². The number of pyridine rings is 1. The molecule has 0 bridgehead atoms. The smallest absolute Gasteiger partial charge is 0.311 e. The van der Waals surface area contributed by atoms with Gasteiger partial charge in [0.2, 0.25) is 11.2 Å². The molecule has 1 fully saturated rings. The molecule has 4 rings (SSSR count).